The van der Waals surface area contributed by atoms with Crippen molar-refractivity contribution >= 4 is 17.2 Å². The number of aromatic nitrogens is 2. The van der Waals surface area contributed by atoms with Crippen LogP contribution in [0.5, 0.6) is 0 Å². The molecule has 1 atom stereocenters. The lowest BCUT2D eigenvalue weighted by atomic mass is 10.2. The molecule has 4 nitrogen and oxygen atoms in total. The Morgan fingerprint density at radius 2 is 2.28 bits per heavy atom. The van der Waals surface area contributed by atoms with Gasteiger partial charge in [0.2, 0.25) is 0 Å². The second kappa shape index (κ2) is 5.61. The van der Waals surface area contributed by atoms with Gasteiger partial charge in [0, 0.05) is 24.4 Å². The predicted octanol–water partition coefficient (Wildman–Crippen LogP) is 2.48. The molecule has 5 heteroatoms. The number of rotatable bonds is 4. The fourth-order valence-corrected chi connectivity index (χ4v) is 2.47. The van der Waals surface area contributed by atoms with Crippen molar-refractivity contribution in [1.29, 1.82) is 5.26 Å². The summed E-state index contributed by atoms with van der Waals surface area (Å²) in [5, 5.41) is 10.8. The van der Waals surface area contributed by atoms with Crippen molar-refractivity contribution < 1.29 is 0 Å². The van der Waals surface area contributed by atoms with E-state index in [2.05, 4.69) is 39.3 Å². The summed E-state index contributed by atoms with van der Waals surface area (Å²) in [6, 6.07) is 6.51. The van der Waals surface area contributed by atoms with Crippen molar-refractivity contribution in [1.82, 2.24) is 9.97 Å². The lowest BCUT2D eigenvalue weighted by Gasteiger charge is -2.25. The van der Waals surface area contributed by atoms with Gasteiger partial charge in [0.05, 0.1) is 12.4 Å². The van der Waals surface area contributed by atoms with Gasteiger partial charge in [0.25, 0.3) is 0 Å². The first-order valence-electron chi connectivity index (χ1n) is 5.68. The maximum atomic E-state index is 8.68. The van der Waals surface area contributed by atoms with E-state index in [1.165, 1.54) is 11.1 Å². The van der Waals surface area contributed by atoms with Gasteiger partial charge in [-0.3, -0.25) is 0 Å². The molecule has 0 saturated carbocycles. The second-order valence-corrected chi connectivity index (χ2v) is 5.15. The zero-order valence-corrected chi connectivity index (χ0v) is 11.2. The summed E-state index contributed by atoms with van der Waals surface area (Å²) in [6.45, 7) is 2.15. The quantitative estimate of drug-likeness (QED) is 0.845. The number of nitrogens with zero attached hydrogens (tertiary/aromatic N) is 4. The molecule has 2 heterocycles. The van der Waals surface area contributed by atoms with E-state index in [-0.39, 0.29) is 0 Å². The number of nitriles is 1. The normalized spacial score (nSPS) is 11.8. The zero-order chi connectivity index (χ0) is 13.0. The number of thiophene rings is 1. The van der Waals surface area contributed by atoms with E-state index < -0.39 is 0 Å². The van der Waals surface area contributed by atoms with Gasteiger partial charge in [0.1, 0.15) is 11.9 Å². The molecule has 0 amide bonds. The highest BCUT2D eigenvalue weighted by Gasteiger charge is 2.12. The Morgan fingerprint density at radius 1 is 1.44 bits per heavy atom. The summed E-state index contributed by atoms with van der Waals surface area (Å²) in [5.41, 5.74) is 0.345. The number of hydrogen-bond donors (Lipinski definition) is 0. The molecule has 0 bridgehead atoms. The minimum atomic E-state index is 0.339. The Hall–Kier alpha value is -1.93. The molecule has 92 valence electrons. The lowest BCUT2D eigenvalue weighted by molar-refractivity contribution is 0.678. The molecule has 2 aromatic rings. The standard InChI is InChI=1S/C13H14N4S/c1-10(6-12-4-3-5-18-12)17(2)13-9-15-11(7-14)8-16-13/h3-5,8-10H,6H2,1-2H3. The van der Waals surface area contributed by atoms with Crippen LogP contribution in [-0.4, -0.2) is 23.1 Å². The molecule has 0 fully saturated rings. The first-order chi connectivity index (χ1) is 8.70. The maximum absolute atomic E-state index is 8.68. The Bertz CT molecular complexity index is 527. The zero-order valence-electron chi connectivity index (χ0n) is 10.4. The molecule has 0 aliphatic heterocycles. The van der Waals surface area contributed by atoms with Crippen LogP contribution in [0, 0.1) is 11.3 Å². The van der Waals surface area contributed by atoms with E-state index in [4.69, 9.17) is 5.26 Å². The summed E-state index contributed by atoms with van der Waals surface area (Å²) >= 11 is 1.76. The van der Waals surface area contributed by atoms with Crippen LogP contribution in [0.2, 0.25) is 0 Å². The molecule has 0 N–H and O–H groups in total. The summed E-state index contributed by atoms with van der Waals surface area (Å²) in [7, 11) is 1.99. The van der Waals surface area contributed by atoms with E-state index in [9.17, 15) is 0 Å². The van der Waals surface area contributed by atoms with E-state index in [1.54, 1.807) is 17.5 Å². The van der Waals surface area contributed by atoms with Gasteiger partial charge in [-0.25, -0.2) is 9.97 Å². The first kappa shape index (κ1) is 12.5. The number of likely N-dealkylation sites (N-methyl/N-ethyl adjacent to an activating group) is 1. The van der Waals surface area contributed by atoms with E-state index >= 15 is 0 Å². The molecule has 0 aliphatic carbocycles. The van der Waals surface area contributed by atoms with Crippen LogP contribution in [0.15, 0.2) is 29.9 Å². The van der Waals surface area contributed by atoms with Gasteiger partial charge in [-0.1, -0.05) is 6.07 Å². The van der Waals surface area contributed by atoms with Gasteiger partial charge in [-0.05, 0) is 18.4 Å². The SMILES string of the molecule is CC(Cc1cccs1)N(C)c1cnc(C#N)cn1. The van der Waals surface area contributed by atoms with Crippen LogP contribution in [0.25, 0.3) is 0 Å². The minimum Gasteiger partial charge on any atom is -0.355 e. The summed E-state index contributed by atoms with van der Waals surface area (Å²) in [4.78, 5) is 11.7. The summed E-state index contributed by atoms with van der Waals surface area (Å²) in [5.74, 6) is 0.790. The van der Waals surface area contributed by atoms with Crippen molar-refractivity contribution in [2.75, 3.05) is 11.9 Å². The molecular weight excluding hydrogens is 244 g/mol. The monoisotopic (exact) mass is 258 g/mol. The highest BCUT2D eigenvalue weighted by atomic mass is 32.1. The minimum absolute atomic E-state index is 0.339. The molecule has 0 aliphatic rings. The first-order valence-corrected chi connectivity index (χ1v) is 6.56. The maximum Gasteiger partial charge on any atom is 0.158 e. The van der Waals surface area contributed by atoms with Gasteiger partial charge < -0.3 is 4.90 Å². The Kier molecular flexibility index (Phi) is 3.90. The van der Waals surface area contributed by atoms with Crippen molar-refractivity contribution in [3.05, 3.63) is 40.5 Å². The highest BCUT2D eigenvalue weighted by molar-refractivity contribution is 7.09. The lowest BCUT2D eigenvalue weighted by Crippen LogP contribution is -2.31. The molecule has 0 spiro atoms. The molecular formula is C13H14N4S. The third kappa shape index (κ3) is 2.84. The van der Waals surface area contributed by atoms with Gasteiger partial charge in [0.15, 0.2) is 5.69 Å². The topological polar surface area (TPSA) is 52.8 Å². The van der Waals surface area contributed by atoms with Crippen LogP contribution in [0.3, 0.4) is 0 Å². The summed E-state index contributed by atoms with van der Waals surface area (Å²) < 4.78 is 0. The van der Waals surface area contributed by atoms with Crippen LogP contribution >= 0.6 is 11.3 Å². The van der Waals surface area contributed by atoms with Crippen molar-refractivity contribution in [2.45, 2.75) is 19.4 Å². The molecule has 0 aromatic carbocycles. The second-order valence-electron chi connectivity index (χ2n) is 4.12. The average molecular weight is 258 g/mol. The predicted molar refractivity (Wildman–Crippen MR) is 72.6 cm³/mol. The van der Waals surface area contributed by atoms with Gasteiger partial charge >= 0.3 is 0 Å². The van der Waals surface area contributed by atoms with E-state index in [0.717, 1.165) is 12.2 Å². The van der Waals surface area contributed by atoms with Crippen molar-refractivity contribution in [3.8, 4) is 6.07 Å². The molecule has 0 radical (unpaired) electrons. The molecule has 2 aromatic heterocycles. The third-order valence-corrected chi connectivity index (χ3v) is 3.75. The third-order valence-electron chi connectivity index (χ3n) is 2.85. The Morgan fingerprint density at radius 3 is 2.83 bits per heavy atom. The largest absolute Gasteiger partial charge is 0.355 e. The highest BCUT2D eigenvalue weighted by Crippen LogP contribution is 2.17. The van der Waals surface area contributed by atoms with Crippen molar-refractivity contribution in [2.24, 2.45) is 0 Å². The molecule has 2 rings (SSSR count). The Balaban J connectivity index is 2.05. The molecule has 0 saturated heterocycles. The number of anilines is 1. The fraction of sp³-hybridized carbons (Fsp3) is 0.308. The van der Waals surface area contributed by atoms with Crippen LogP contribution in [0.4, 0.5) is 5.82 Å². The van der Waals surface area contributed by atoms with Gasteiger partial charge in [-0.15, -0.1) is 11.3 Å². The number of hydrogen-bond acceptors (Lipinski definition) is 5. The molecule has 1 unspecified atom stereocenters. The van der Waals surface area contributed by atoms with E-state index in [0.29, 0.717) is 11.7 Å². The summed E-state index contributed by atoms with van der Waals surface area (Å²) in [6.07, 6.45) is 4.13. The van der Waals surface area contributed by atoms with Crippen LogP contribution < -0.4 is 4.90 Å². The smallest absolute Gasteiger partial charge is 0.158 e. The van der Waals surface area contributed by atoms with Crippen LogP contribution in [-0.2, 0) is 6.42 Å². The van der Waals surface area contributed by atoms with Crippen LogP contribution in [0.1, 0.15) is 17.5 Å². The van der Waals surface area contributed by atoms with Crippen molar-refractivity contribution in [3.63, 3.8) is 0 Å². The molecule has 18 heavy (non-hydrogen) atoms. The van der Waals surface area contributed by atoms with E-state index in [1.807, 2.05) is 13.1 Å². The Labute approximate surface area is 111 Å². The van der Waals surface area contributed by atoms with Gasteiger partial charge in [-0.2, -0.15) is 5.26 Å². The fourth-order valence-electron chi connectivity index (χ4n) is 1.64. The average Bonchev–Trinajstić information content (AvgIpc) is 2.91.